The molecule has 1 nitrogen and oxygen atoms in total. The Morgan fingerprint density at radius 3 is 3.00 bits per heavy atom. The molecule has 0 bridgehead atoms. The predicted octanol–water partition coefficient (Wildman–Crippen LogP) is 2.39. The minimum absolute atomic E-state index is 0.166. The quantitative estimate of drug-likeness (QED) is 0.541. The van der Waals surface area contributed by atoms with Crippen molar-refractivity contribution < 1.29 is 4.39 Å². The highest BCUT2D eigenvalue weighted by molar-refractivity contribution is 5.51. The van der Waals surface area contributed by atoms with Crippen molar-refractivity contribution in [2.45, 2.75) is 6.92 Å². The monoisotopic (exact) mass is 149 g/mol. The van der Waals surface area contributed by atoms with Crippen molar-refractivity contribution >= 4 is 5.52 Å². The number of aromatic nitrogens is 1. The Bertz CT molecular complexity index is 389. The van der Waals surface area contributed by atoms with Crippen LogP contribution in [0.2, 0.25) is 0 Å². The Balaban J connectivity index is 2.90. The average molecular weight is 149 g/mol. The van der Waals surface area contributed by atoms with E-state index in [1.165, 1.54) is 6.07 Å². The lowest BCUT2D eigenvalue weighted by Crippen LogP contribution is -1.82. The van der Waals surface area contributed by atoms with Crippen molar-refractivity contribution in [1.82, 2.24) is 4.40 Å². The Hall–Kier alpha value is -1.31. The summed E-state index contributed by atoms with van der Waals surface area (Å²) in [6, 6.07) is 4.99. The topological polar surface area (TPSA) is 4.41 Å². The van der Waals surface area contributed by atoms with E-state index in [0.717, 1.165) is 5.56 Å². The standard InChI is InChI=1S/C9H8FN/c1-7-5-9-8(10)3-2-4-11(9)6-7/h2-6H,1H3. The summed E-state index contributed by atoms with van der Waals surface area (Å²) in [6.07, 6.45) is 3.74. The smallest absolute Gasteiger partial charge is 0.147 e. The molecule has 0 fully saturated rings. The Morgan fingerprint density at radius 1 is 1.45 bits per heavy atom. The van der Waals surface area contributed by atoms with Gasteiger partial charge in [-0.05, 0) is 30.7 Å². The molecule has 2 aromatic rings. The molecule has 0 spiro atoms. The van der Waals surface area contributed by atoms with Crippen LogP contribution in [0.25, 0.3) is 5.52 Å². The average Bonchev–Trinajstić information content (AvgIpc) is 2.31. The number of nitrogens with zero attached hydrogens (tertiary/aromatic N) is 1. The van der Waals surface area contributed by atoms with E-state index in [-0.39, 0.29) is 5.82 Å². The molecule has 0 aliphatic heterocycles. The molecule has 2 rings (SSSR count). The summed E-state index contributed by atoms with van der Waals surface area (Å²) in [4.78, 5) is 0. The first-order chi connectivity index (χ1) is 5.27. The van der Waals surface area contributed by atoms with Crippen molar-refractivity contribution in [1.29, 1.82) is 0 Å². The molecule has 0 saturated carbocycles. The largest absolute Gasteiger partial charge is 0.321 e. The highest BCUT2D eigenvalue weighted by atomic mass is 19.1. The van der Waals surface area contributed by atoms with Gasteiger partial charge in [-0.1, -0.05) is 0 Å². The fraction of sp³-hybridized carbons (Fsp3) is 0.111. The minimum Gasteiger partial charge on any atom is -0.321 e. The van der Waals surface area contributed by atoms with E-state index < -0.39 is 0 Å². The lowest BCUT2D eigenvalue weighted by molar-refractivity contribution is 0.633. The van der Waals surface area contributed by atoms with Crippen molar-refractivity contribution in [2.24, 2.45) is 0 Å². The minimum atomic E-state index is -0.166. The summed E-state index contributed by atoms with van der Waals surface area (Å²) in [5.74, 6) is -0.166. The van der Waals surface area contributed by atoms with Crippen LogP contribution in [0.4, 0.5) is 4.39 Å². The number of fused-ring (bicyclic) bond motifs is 1. The van der Waals surface area contributed by atoms with Crippen molar-refractivity contribution in [3.8, 4) is 0 Å². The van der Waals surface area contributed by atoms with Gasteiger partial charge in [-0.3, -0.25) is 0 Å². The van der Waals surface area contributed by atoms with Gasteiger partial charge in [0.2, 0.25) is 0 Å². The third-order valence-corrected chi connectivity index (χ3v) is 1.72. The summed E-state index contributed by atoms with van der Waals surface area (Å²) >= 11 is 0. The third-order valence-electron chi connectivity index (χ3n) is 1.72. The highest BCUT2D eigenvalue weighted by Crippen LogP contribution is 2.12. The van der Waals surface area contributed by atoms with Crippen LogP contribution in [-0.2, 0) is 0 Å². The zero-order valence-electron chi connectivity index (χ0n) is 6.21. The molecule has 0 atom stereocenters. The van der Waals surface area contributed by atoms with Crippen LogP contribution in [0.5, 0.6) is 0 Å². The zero-order chi connectivity index (χ0) is 7.84. The number of aryl methyl sites for hydroxylation is 1. The highest BCUT2D eigenvalue weighted by Gasteiger charge is 1.99. The molecule has 0 aliphatic carbocycles. The first-order valence-electron chi connectivity index (χ1n) is 3.50. The second-order valence-corrected chi connectivity index (χ2v) is 2.67. The van der Waals surface area contributed by atoms with Crippen LogP contribution in [0.3, 0.4) is 0 Å². The van der Waals surface area contributed by atoms with Gasteiger partial charge < -0.3 is 4.40 Å². The fourth-order valence-corrected chi connectivity index (χ4v) is 1.24. The summed E-state index contributed by atoms with van der Waals surface area (Å²) in [6.45, 7) is 1.95. The molecule has 0 aromatic carbocycles. The molecule has 0 aliphatic rings. The van der Waals surface area contributed by atoms with Gasteiger partial charge in [0.25, 0.3) is 0 Å². The van der Waals surface area contributed by atoms with E-state index in [9.17, 15) is 4.39 Å². The molecule has 2 heterocycles. The second kappa shape index (κ2) is 2.09. The maximum absolute atomic E-state index is 13.0. The van der Waals surface area contributed by atoms with Crippen molar-refractivity contribution in [3.63, 3.8) is 0 Å². The zero-order valence-corrected chi connectivity index (χ0v) is 6.21. The predicted molar refractivity (Wildman–Crippen MR) is 42.1 cm³/mol. The summed E-state index contributed by atoms with van der Waals surface area (Å²) in [7, 11) is 0. The molecule has 0 radical (unpaired) electrons. The van der Waals surface area contributed by atoms with Crippen LogP contribution >= 0.6 is 0 Å². The van der Waals surface area contributed by atoms with Gasteiger partial charge in [0.05, 0.1) is 5.52 Å². The number of halogens is 1. The molecule has 2 aromatic heterocycles. The van der Waals surface area contributed by atoms with Gasteiger partial charge >= 0.3 is 0 Å². The van der Waals surface area contributed by atoms with E-state index in [0.29, 0.717) is 5.52 Å². The molecule has 0 unspecified atom stereocenters. The molecule has 2 heteroatoms. The first kappa shape index (κ1) is 6.40. The first-order valence-corrected chi connectivity index (χ1v) is 3.50. The summed E-state index contributed by atoms with van der Waals surface area (Å²) in [5.41, 5.74) is 1.72. The lowest BCUT2D eigenvalue weighted by atomic mass is 10.3. The molecular weight excluding hydrogens is 141 g/mol. The molecule has 0 amide bonds. The number of hydrogen-bond donors (Lipinski definition) is 0. The van der Waals surface area contributed by atoms with Gasteiger partial charge in [-0.2, -0.15) is 0 Å². The number of rotatable bonds is 0. The Labute approximate surface area is 64.1 Å². The Kier molecular flexibility index (Phi) is 1.22. The maximum atomic E-state index is 13.0. The number of pyridine rings is 1. The van der Waals surface area contributed by atoms with Crippen molar-refractivity contribution in [3.05, 3.63) is 42.0 Å². The van der Waals surface area contributed by atoms with Crippen LogP contribution in [0, 0.1) is 12.7 Å². The normalized spacial score (nSPS) is 10.7. The van der Waals surface area contributed by atoms with E-state index in [1.807, 2.05) is 25.4 Å². The van der Waals surface area contributed by atoms with Crippen LogP contribution in [-0.4, -0.2) is 4.40 Å². The molecule has 56 valence electrons. The third kappa shape index (κ3) is 0.909. The van der Waals surface area contributed by atoms with Gasteiger partial charge in [0, 0.05) is 12.4 Å². The molecule has 0 saturated heterocycles. The number of hydrogen-bond acceptors (Lipinski definition) is 0. The molecular formula is C9H8FN. The van der Waals surface area contributed by atoms with E-state index in [1.54, 1.807) is 10.5 Å². The van der Waals surface area contributed by atoms with Crippen LogP contribution < -0.4 is 0 Å². The van der Waals surface area contributed by atoms with Crippen molar-refractivity contribution in [2.75, 3.05) is 0 Å². The lowest BCUT2D eigenvalue weighted by Gasteiger charge is -1.92. The van der Waals surface area contributed by atoms with Gasteiger partial charge in [-0.15, -0.1) is 0 Å². The van der Waals surface area contributed by atoms with Crippen LogP contribution in [0.15, 0.2) is 30.6 Å². The SMILES string of the molecule is Cc1cc2c(F)cccn2c1. The van der Waals surface area contributed by atoms with E-state index in [4.69, 9.17) is 0 Å². The van der Waals surface area contributed by atoms with Gasteiger partial charge in [0.1, 0.15) is 5.82 Å². The summed E-state index contributed by atoms with van der Waals surface area (Å²) < 4.78 is 14.8. The van der Waals surface area contributed by atoms with E-state index >= 15 is 0 Å². The maximum Gasteiger partial charge on any atom is 0.147 e. The fourth-order valence-electron chi connectivity index (χ4n) is 1.24. The Morgan fingerprint density at radius 2 is 2.27 bits per heavy atom. The molecule has 0 N–H and O–H groups in total. The second-order valence-electron chi connectivity index (χ2n) is 2.67. The van der Waals surface area contributed by atoms with Gasteiger partial charge in [0.15, 0.2) is 0 Å². The van der Waals surface area contributed by atoms with Crippen LogP contribution in [0.1, 0.15) is 5.56 Å². The van der Waals surface area contributed by atoms with Gasteiger partial charge in [-0.25, -0.2) is 4.39 Å². The molecule has 11 heavy (non-hydrogen) atoms. The summed E-state index contributed by atoms with van der Waals surface area (Å²) in [5, 5.41) is 0. The van der Waals surface area contributed by atoms with E-state index in [2.05, 4.69) is 0 Å².